The lowest BCUT2D eigenvalue weighted by atomic mass is 10.2. The highest BCUT2D eigenvalue weighted by Crippen LogP contribution is 2.24. The average molecular weight is 314 g/mol. The van der Waals surface area contributed by atoms with Gasteiger partial charge in [0.1, 0.15) is 0 Å². The number of ether oxygens (including phenoxy) is 1. The van der Waals surface area contributed by atoms with Gasteiger partial charge in [-0.2, -0.15) is 5.10 Å². The molecule has 3 aromatic rings. The normalized spacial score (nSPS) is 10.6. The second kappa shape index (κ2) is 6.07. The van der Waals surface area contributed by atoms with E-state index in [0.29, 0.717) is 17.4 Å². The molecular formula is C15H14N4O2S. The maximum absolute atomic E-state index is 11.9. The van der Waals surface area contributed by atoms with Gasteiger partial charge in [-0.1, -0.05) is 6.07 Å². The molecule has 6 nitrogen and oxygen atoms in total. The Morgan fingerprint density at radius 3 is 2.86 bits per heavy atom. The third-order valence-electron chi connectivity index (χ3n) is 2.97. The zero-order valence-electron chi connectivity index (χ0n) is 12.2. The SMILES string of the molecule is CCOC(=O)c1cc(-c2ccc(C)cn2)n(-c2nccs2)n1. The lowest BCUT2D eigenvalue weighted by molar-refractivity contribution is 0.0519. The molecule has 0 saturated heterocycles. The summed E-state index contributed by atoms with van der Waals surface area (Å²) < 4.78 is 6.64. The molecule has 0 aliphatic rings. The second-order valence-corrected chi connectivity index (χ2v) is 5.46. The number of rotatable bonds is 4. The van der Waals surface area contributed by atoms with E-state index in [1.165, 1.54) is 11.3 Å². The molecule has 112 valence electrons. The molecule has 0 aliphatic heterocycles. The summed E-state index contributed by atoms with van der Waals surface area (Å²) in [6.45, 7) is 4.04. The van der Waals surface area contributed by atoms with Crippen LogP contribution in [-0.4, -0.2) is 32.3 Å². The Balaban J connectivity index is 2.10. The third-order valence-corrected chi connectivity index (χ3v) is 3.72. The van der Waals surface area contributed by atoms with Crippen molar-refractivity contribution in [1.82, 2.24) is 19.7 Å². The fraction of sp³-hybridized carbons (Fsp3) is 0.200. The van der Waals surface area contributed by atoms with Crippen LogP contribution in [0, 0.1) is 6.92 Å². The van der Waals surface area contributed by atoms with Crippen LogP contribution in [0.25, 0.3) is 16.5 Å². The molecule has 0 N–H and O–H groups in total. The quantitative estimate of drug-likeness (QED) is 0.693. The first-order valence-corrected chi connectivity index (χ1v) is 7.67. The minimum atomic E-state index is -0.453. The Bertz CT molecular complexity index is 778. The first-order valence-electron chi connectivity index (χ1n) is 6.79. The van der Waals surface area contributed by atoms with Crippen molar-refractivity contribution in [2.45, 2.75) is 13.8 Å². The molecule has 3 aromatic heterocycles. The smallest absolute Gasteiger partial charge is 0.358 e. The van der Waals surface area contributed by atoms with Gasteiger partial charge < -0.3 is 4.74 Å². The summed E-state index contributed by atoms with van der Waals surface area (Å²) >= 11 is 1.44. The van der Waals surface area contributed by atoms with E-state index in [1.807, 2.05) is 24.4 Å². The Morgan fingerprint density at radius 1 is 1.36 bits per heavy atom. The Hall–Kier alpha value is -2.54. The lowest BCUT2D eigenvalue weighted by Gasteiger charge is -2.03. The summed E-state index contributed by atoms with van der Waals surface area (Å²) in [7, 11) is 0. The largest absolute Gasteiger partial charge is 0.461 e. The zero-order valence-corrected chi connectivity index (χ0v) is 13.0. The number of carbonyl (C=O) groups excluding carboxylic acids is 1. The molecule has 0 spiro atoms. The van der Waals surface area contributed by atoms with Crippen molar-refractivity contribution in [2.75, 3.05) is 6.61 Å². The van der Waals surface area contributed by atoms with Gasteiger partial charge in [0.15, 0.2) is 5.69 Å². The molecule has 0 saturated carbocycles. The van der Waals surface area contributed by atoms with Crippen LogP contribution in [0.1, 0.15) is 23.0 Å². The summed E-state index contributed by atoms with van der Waals surface area (Å²) in [6.07, 6.45) is 3.47. The number of aromatic nitrogens is 4. The van der Waals surface area contributed by atoms with Gasteiger partial charge in [-0.25, -0.2) is 14.5 Å². The topological polar surface area (TPSA) is 69.9 Å². The van der Waals surface area contributed by atoms with Gasteiger partial charge in [0.05, 0.1) is 18.0 Å². The van der Waals surface area contributed by atoms with Crippen molar-refractivity contribution in [2.24, 2.45) is 0 Å². The fourth-order valence-electron chi connectivity index (χ4n) is 1.95. The van der Waals surface area contributed by atoms with Crippen LogP contribution in [0.3, 0.4) is 0 Å². The number of hydrogen-bond donors (Lipinski definition) is 0. The van der Waals surface area contributed by atoms with Crippen LogP contribution >= 0.6 is 11.3 Å². The maximum Gasteiger partial charge on any atom is 0.358 e. The number of esters is 1. The van der Waals surface area contributed by atoms with Crippen molar-refractivity contribution >= 4 is 17.3 Å². The highest BCUT2D eigenvalue weighted by Gasteiger charge is 2.19. The van der Waals surface area contributed by atoms with E-state index in [9.17, 15) is 4.79 Å². The van der Waals surface area contributed by atoms with Crippen LogP contribution in [-0.2, 0) is 4.74 Å². The molecule has 0 atom stereocenters. The van der Waals surface area contributed by atoms with E-state index in [4.69, 9.17) is 4.74 Å². The number of pyridine rings is 1. The zero-order chi connectivity index (χ0) is 15.5. The van der Waals surface area contributed by atoms with Crippen LogP contribution in [0.5, 0.6) is 0 Å². The predicted octanol–water partition coefficient (Wildman–Crippen LogP) is 2.88. The molecule has 3 rings (SSSR count). The van der Waals surface area contributed by atoms with Gasteiger partial charge in [-0.15, -0.1) is 11.3 Å². The maximum atomic E-state index is 11.9. The van der Waals surface area contributed by atoms with E-state index in [-0.39, 0.29) is 5.69 Å². The van der Waals surface area contributed by atoms with Crippen molar-refractivity contribution in [3.63, 3.8) is 0 Å². The van der Waals surface area contributed by atoms with E-state index >= 15 is 0 Å². The summed E-state index contributed by atoms with van der Waals surface area (Å²) in [4.78, 5) is 20.6. The minimum Gasteiger partial charge on any atom is -0.461 e. The van der Waals surface area contributed by atoms with E-state index in [2.05, 4.69) is 15.1 Å². The van der Waals surface area contributed by atoms with Crippen LogP contribution in [0.15, 0.2) is 36.0 Å². The summed E-state index contributed by atoms with van der Waals surface area (Å²) in [5.74, 6) is -0.453. The van der Waals surface area contributed by atoms with Gasteiger partial charge >= 0.3 is 5.97 Å². The van der Waals surface area contributed by atoms with Gasteiger partial charge in [0, 0.05) is 23.8 Å². The molecular weight excluding hydrogens is 300 g/mol. The summed E-state index contributed by atoms with van der Waals surface area (Å²) in [6, 6.07) is 5.54. The molecule has 3 heterocycles. The monoisotopic (exact) mass is 314 g/mol. The Kier molecular flexibility index (Phi) is 3.97. The van der Waals surface area contributed by atoms with Crippen LogP contribution in [0.4, 0.5) is 0 Å². The van der Waals surface area contributed by atoms with Gasteiger partial charge in [0.2, 0.25) is 5.13 Å². The lowest BCUT2D eigenvalue weighted by Crippen LogP contribution is -2.06. The number of nitrogens with zero attached hydrogens (tertiary/aromatic N) is 4. The van der Waals surface area contributed by atoms with Gasteiger partial charge in [-0.3, -0.25) is 4.98 Å². The molecule has 22 heavy (non-hydrogen) atoms. The molecule has 0 unspecified atom stereocenters. The molecule has 0 amide bonds. The van der Waals surface area contributed by atoms with Gasteiger partial charge in [0.25, 0.3) is 0 Å². The first kappa shape index (κ1) is 14.4. The second-order valence-electron chi connectivity index (χ2n) is 4.58. The Morgan fingerprint density at radius 2 is 2.23 bits per heavy atom. The van der Waals surface area contributed by atoms with Crippen LogP contribution < -0.4 is 0 Å². The minimum absolute atomic E-state index is 0.245. The molecule has 7 heteroatoms. The summed E-state index contributed by atoms with van der Waals surface area (Å²) in [5.41, 5.74) is 2.74. The molecule has 0 aliphatic carbocycles. The van der Waals surface area contributed by atoms with Crippen LogP contribution in [0.2, 0.25) is 0 Å². The third kappa shape index (κ3) is 2.75. The number of hydrogen-bond acceptors (Lipinski definition) is 6. The number of aryl methyl sites for hydroxylation is 1. The van der Waals surface area contributed by atoms with E-state index < -0.39 is 5.97 Å². The van der Waals surface area contributed by atoms with Crippen molar-refractivity contribution in [3.05, 3.63) is 47.2 Å². The summed E-state index contributed by atoms with van der Waals surface area (Å²) in [5, 5.41) is 6.85. The molecule has 0 bridgehead atoms. The van der Waals surface area contributed by atoms with Crippen molar-refractivity contribution in [3.8, 4) is 16.5 Å². The van der Waals surface area contributed by atoms with E-state index in [1.54, 1.807) is 30.1 Å². The number of carbonyl (C=O) groups is 1. The predicted molar refractivity (Wildman–Crippen MR) is 83.2 cm³/mol. The molecule has 0 fully saturated rings. The highest BCUT2D eigenvalue weighted by molar-refractivity contribution is 7.12. The highest BCUT2D eigenvalue weighted by atomic mass is 32.1. The molecule has 0 radical (unpaired) electrons. The standard InChI is InChI=1S/C15H14N4O2S/c1-3-21-14(20)12-8-13(11-5-4-10(2)9-17-11)19(18-12)15-16-6-7-22-15/h4-9H,3H2,1-2H3. The average Bonchev–Trinajstić information content (AvgIpc) is 3.17. The Labute approximate surface area is 131 Å². The van der Waals surface area contributed by atoms with E-state index in [0.717, 1.165) is 11.3 Å². The van der Waals surface area contributed by atoms with Crippen molar-refractivity contribution < 1.29 is 9.53 Å². The van der Waals surface area contributed by atoms with Gasteiger partial charge in [-0.05, 0) is 25.5 Å². The first-order chi connectivity index (χ1) is 10.7. The number of thiazole rings is 1. The molecule has 0 aromatic carbocycles. The fourth-order valence-corrected chi connectivity index (χ4v) is 2.56. The van der Waals surface area contributed by atoms with Crippen molar-refractivity contribution in [1.29, 1.82) is 0 Å².